The van der Waals surface area contributed by atoms with Gasteiger partial charge in [-0.05, 0) is 30.3 Å². The van der Waals surface area contributed by atoms with E-state index in [4.69, 9.17) is 4.74 Å². The quantitative estimate of drug-likeness (QED) is 0.776. The Hall–Kier alpha value is -3.28. The van der Waals surface area contributed by atoms with Crippen LogP contribution in [0.4, 0.5) is 5.69 Å². The lowest BCUT2D eigenvalue weighted by Crippen LogP contribution is -2.19. The second kappa shape index (κ2) is 6.08. The Kier molecular flexibility index (Phi) is 3.95. The molecule has 0 saturated carbocycles. The number of hydrogen-bond donors (Lipinski definition) is 2. The number of benzene rings is 2. The molecule has 6 heteroatoms. The van der Waals surface area contributed by atoms with Gasteiger partial charge in [-0.15, -0.1) is 0 Å². The maximum Gasteiger partial charge on any atom is 0.297 e. The van der Waals surface area contributed by atoms with Crippen LogP contribution in [0.25, 0.3) is 10.9 Å². The number of aromatic hydroxyl groups is 1. The maximum absolute atomic E-state index is 12.2. The van der Waals surface area contributed by atoms with E-state index in [1.54, 1.807) is 49.5 Å². The molecule has 1 aromatic heterocycles. The summed E-state index contributed by atoms with van der Waals surface area (Å²) in [5, 5.41) is 13.4. The molecule has 2 N–H and O–H groups in total. The maximum atomic E-state index is 12.2. The SMILES string of the molecule is COc1c(O)c2ccc(NC(=O)c3ccccc3)cc2n(C)c1=O. The van der Waals surface area contributed by atoms with Gasteiger partial charge in [0, 0.05) is 23.7 Å². The molecule has 122 valence electrons. The normalized spacial score (nSPS) is 10.6. The Labute approximate surface area is 137 Å². The predicted molar refractivity (Wildman–Crippen MR) is 91.8 cm³/mol. The number of carbonyl (C=O) groups is 1. The number of rotatable bonds is 3. The van der Waals surface area contributed by atoms with Crippen molar-refractivity contribution in [2.75, 3.05) is 12.4 Å². The number of methoxy groups -OCH3 is 1. The lowest BCUT2D eigenvalue weighted by Gasteiger charge is -2.12. The molecule has 0 fully saturated rings. The molecule has 3 rings (SSSR count). The summed E-state index contributed by atoms with van der Waals surface area (Å²) in [6.45, 7) is 0. The van der Waals surface area contributed by atoms with E-state index < -0.39 is 5.56 Å². The Balaban J connectivity index is 2.05. The molecule has 0 radical (unpaired) electrons. The Morgan fingerprint density at radius 1 is 1.17 bits per heavy atom. The molecule has 1 amide bonds. The van der Waals surface area contributed by atoms with Gasteiger partial charge in [-0.3, -0.25) is 9.59 Å². The van der Waals surface area contributed by atoms with E-state index >= 15 is 0 Å². The zero-order valence-corrected chi connectivity index (χ0v) is 13.2. The van der Waals surface area contributed by atoms with Crippen LogP contribution < -0.4 is 15.6 Å². The fourth-order valence-electron chi connectivity index (χ4n) is 2.55. The molecular formula is C18H16N2O4. The molecular weight excluding hydrogens is 308 g/mol. The van der Waals surface area contributed by atoms with Gasteiger partial charge < -0.3 is 19.7 Å². The zero-order valence-electron chi connectivity index (χ0n) is 13.2. The number of anilines is 1. The molecule has 0 unspecified atom stereocenters. The highest BCUT2D eigenvalue weighted by Crippen LogP contribution is 2.32. The molecule has 6 nitrogen and oxygen atoms in total. The van der Waals surface area contributed by atoms with Crippen LogP contribution in [0, 0.1) is 0 Å². The number of aryl methyl sites for hydroxylation is 1. The number of aromatic nitrogens is 1. The third-order valence-electron chi connectivity index (χ3n) is 3.83. The van der Waals surface area contributed by atoms with Crippen molar-refractivity contribution in [1.29, 1.82) is 0 Å². The highest BCUT2D eigenvalue weighted by atomic mass is 16.5. The van der Waals surface area contributed by atoms with Gasteiger partial charge in [-0.1, -0.05) is 18.2 Å². The Morgan fingerprint density at radius 3 is 2.54 bits per heavy atom. The number of hydrogen-bond acceptors (Lipinski definition) is 4. The highest BCUT2D eigenvalue weighted by Gasteiger charge is 2.16. The fraction of sp³-hybridized carbons (Fsp3) is 0.111. The van der Waals surface area contributed by atoms with Gasteiger partial charge in [0.05, 0.1) is 12.6 Å². The van der Waals surface area contributed by atoms with Crippen molar-refractivity contribution in [3.8, 4) is 11.5 Å². The minimum Gasteiger partial charge on any atom is -0.504 e. The molecule has 0 aliphatic rings. The summed E-state index contributed by atoms with van der Waals surface area (Å²) < 4.78 is 6.33. The lowest BCUT2D eigenvalue weighted by molar-refractivity contribution is 0.102. The summed E-state index contributed by atoms with van der Waals surface area (Å²) in [4.78, 5) is 24.4. The van der Waals surface area contributed by atoms with E-state index in [9.17, 15) is 14.7 Å². The van der Waals surface area contributed by atoms with Crippen molar-refractivity contribution in [2.45, 2.75) is 0 Å². The first-order valence-corrected chi connectivity index (χ1v) is 7.29. The zero-order chi connectivity index (χ0) is 17.3. The van der Waals surface area contributed by atoms with Crippen LogP contribution in [0.15, 0.2) is 53.3 Å². The average Bonchev–Trinajstić information content (AvgIpc) is 2.61. The van der Waals surface area contributed by atoms with Gasteiger partial charge in [0.15, 0.2) is 5.75 Å². The van der Waals surface area contributed by atoms with Gasteiger partial charge in [0.2, 0.25) is 5.75 Å². The molecule has 0 spiro atoms. The van der Waals surface area contributed by atoms with Crippen molar-refractivity contribution >= 4 is 22.5 Å². The molecule has 2 aromatic carbocycles. The average molecular weight is 324 g/mol. The summed E-state index contributed by atoms with van der Waals surface area (Å²) in [6, 6.07) is 13.7. The van der Waals surface area contributed by atoms with Gasteiger partial charge >= 0.3 is 0 Å². The number of nitrogens with one attached hydrogen (secondary N) is 1. The monoisotopic (exact) mass is 324 g/mol. The van der Waals surface area contributed by atoms with E-state index in [1.165, 1.54) is 11.7 Å². The van der Waals surface area contributed by atoms with E-state index in [0.29, 0.717) is 22.2 Å². The first kappa shape index (κ1) is 15.6. The number of nitrogens with zero attached hydrogens (tertiary/aromatic N) is 1. The van der Waals surface area contributed by atoms with Crippen LogP contribution in [-0.4, -0.2) is 22.7 Å². The van der Waals surface area contributed by atoms with Crippen molar-refractivity contribution in [2.24, 2.45) is 7.05 Å². The number of fused-ring (bicyclic) bond motifs is 1. The number of ether oxygens (including phenoxy) is 1. The Bertz CT molecular complexity index is 978. The van der Waals surface area contributed by atoms with Crippen LogP contribution in [0.3, 0.4) is 0 Å². The van der Waals surface area contributed by atoms with Crippen LogP contribution in [-0.2, 0) is 7.05 Å². The topological polar surface area (TPSA) is 80.6 Å². The van der Waals surface area contributed by atoms with Crippen LogP contribution >= 0.6 is 0 Å². The molecule has 24 heavy (non-hydrogen) atoms. The summed E-state index contributed by atoms with van der Waals surface area (Å²) in [6.07, 6.45) is 0. The second-order valence-electron chi connectivity index (χ2n) is 5.30. The fourth-order valence-corrected chi connectivity index (χ4v) is 2.55. The Morgan fingerprint density at radius 2 is 1.88 bits per heavy atom. The standard InChI is InChI=1S/C18H16N2O4/c1-20-14-10-12(19-17(22)11-6-4-3-5-7-11)8-9-13(14)15(21)16(24-2)18(20)23/h3-10,21H,1-2H3,(H,19,22). The molecule has 0 saturated heterocycles. The predicted octanol–water partition coefficient (Wildman–Crippen LogP) is 2.50. The van der Waals surface area contributed by atoms with Crippen molar-refractivity contribution < 1.29 is 14.6 Å². The van der Waals surface area contributed by atoms with E-state index in [-0.39, 0.29) is 17.4 Å². The highest BCUT2D eigenvalue weighted by molar-refractivity contribution is 6.05. The molecule has 0 bridgehead atoms. The van der Waals surface area contributed by atoms with Crippen LogP contribution in [0.1, 0.15) is 10.4 Å². The van der Waals surface area contributed by atoms with Gasteiger partial charge in [0.1, 0.15) is 0 Å². The molecule has 1 heterocycles. The molecule has 0 aliphatic carbocycles. The first-order valence-electron chi connectivity index (χ1n) is 7.29. The molecule has 3 aromatic rings. The van der Waals surface area contributed by atoms with Crippen molar-refractivity contribution in [1.82, 2.24) is 4.57 Å². The minimum absolute atomic E-state index is 0.105. The number of carbonyl (C=O) groups excluding carboxylic acids is 1. The minimum atomic E-state index is -0.450. The largest absolute Gasteiger partial charge is 0.504 e. The lowest BCUT2D eigenvalue weighted by atomic mass is 10.1. The van der Waals surface area contributed by atoms with Gasteiger partial charge in [-0.25, -0.2) is 0 Å². The van der Waals surface area contributed by atoms with Crippen molar-refractivity contribution in [3.05, 3.63) is 64.4 Å². The molecule has 0 aliphatic heterocycles. The van der Waals surface area contributed by atoms with Crippen LogP contribution in [0.5, 0.6) is 11.5 Å². The van der Waals surface area contributed by atoms with Crippen molar-refractivity contribution in [3.63, 3.8) is 0 Å². The van der Waals surface area contributed by atoms with E-state index in [2.05, 4.69) is 5.32 Å². The summed E-state index contributed by atoms with van der Waals surface area (Å²) in [5.41, 5.74) is 1.10. The van der Waals surface area contributed by atoms with E-state index in [0.717, 1.165) is 0 Å². The third kappa shape index (κ3) is 2.58. The summed E-state index contributed by atoms with van der Waals surface area (Å²) in [7, 11) is 2.91. The summed E-state index contributed by atoms with van der Waals surface area (Å²) >= 11 is 0. The number of amides is 1. The van der Waals surface area contributed by atoms with E-state index in [1.807, 2.05) is 6.07 Å². The first-order chi connectivity index (χ1) is 11.5. The van der Waals surface area contributed by atoms with Crippen LogP contribution in [0.2, 0.25) is 0 Å². The smallest absolute Gasteiger partial charge is 0.297 e. The van der Waals surface area contributed by atoms with Gasteiger partial charge in [0.25, 0.3) is 11.5 Å². The summed E-state index contributed by atoms with van der Waals surface area (Å²) in [5.74, 6) is -0.569. The third-order valence-corrected chi connectivity index (χ3v) is 3.83. The number of pyridine rings is 1. The van der Waals surface area contributed by atoms with Gasteiger partial charge in [-0.2, -0.15) is 0 Å². The second-order valence-corrected chi connectivity index (χ2v) is 5.30. The molecule has 0 atom stereocenters.